The van der Waals surface area contributed by atoms with Crippen molar-refractivity contribution in [3.63, 3.8) is 0 Å². The lowest BCUT2D eigenvalue weighted by Gasteiger charge is -2.37. The topological polar surface area (TPSA) is 50.2 Å². The average Bonchev–Trinajstić information content (AvgIpc) is 3.17. The van der Waals surface area contributed by atoms with Gasteiger partial charge in [-0.05, 0) is 41.1 Å². The Hall–Kier alpha value is -1.82. The maximum absolute atomic E-state index is 12.4. The van der Waals surface area contributed by atoms with Gasteiger partial charge in [-0.3, -0.25) is 0 Å². The summed E-state index contributed by atoms with van der Waals surface area (Å²) in [4.78, 5) is 18.5. The highest BCUT2D eigenvalue weighted by Gasteiger charge is 2.29. The SMILES string of the molecule is Cc1cscc1CNC(=O)N1CC[C@@H](C)[C@H](n2ccnc2)C1. The highest BCUT2D eigenvalue weighted by atomic mass is 32.1. The van der Waals surface area contributed by atoms with Crippen molar-refractivity contribution in [3.05, 3.63) is 40.6 Å². The van der Waals surface area contributed by atoms with E-state index in [0.29, 0.717) is 18.5 Å². The van der Waals surface area contributed by atoms with E-state index in [-0.39, 0.29) is 6.03 Å². The molecule has 0 unspecified atom stereocenters. The zero-order valence-electron chi connectivity index (χ0n) is 13.0. The van der Waals surface area contributed by atoms with E-state index in [1.807, 2.05) is 17.4 Å². The molecule has 0 radical (unpaired) electrons. The van der Waals surface area contributed by atoms with Crippen LogP contribution in [0.1, 0.15) is 30.5 Å². The Morgan fingerprint density at radius 2 is 2.36 bits per heavy atom. The second kappa shape index (κ2) is 6.52. The number of piperidine rings is 1. The average molecular weight is 318 g/mol. The fraction of sp³-hybridized carbons (Fsp3) is 0.500. The molecule has 1 N–H and O–H groups in total. The molecule has 5 nitrogen and oxygen atoms in total. The number of hydrogen-bond acceptors (Lipinski definition) is 3. The highest BCUT2D eigenvalue weighted by Crippen LogP contribution is 2.27. The van der Waals surface area contributed by atoms with E-state index in [1.165, 1.54) is 11.1 Å². The van der Waals surface area contributed by atoms with Gasteiger partial charge < -0.3 is 14.8 Å². The van der Waals surface area contributed by atoms with Gasteiger partial charge in [0.1, 0.15) is 0 Å². The molecule has 0 aromatic carbocycles. The molecule has 2 aromatic rings. The number of amides is 2. The molecule has 1 fully saturated rings. The van der Waals surface area contributed by atoms with Gasteiger partial charge in [0.2, 0.25) is 0 Å². The first kappa shape index (κ1) is 15.1. The summed E-state index contributed by atoms with van der Waals surface area (Å²) in [6.07, 6.45) is 6.65. The lowest BCUT2D eigenvalue weighted by atomic mass is 9.93. The van der Waals surface area contributed by atoms with Crippen molar-refractivity contribution in [2.45, 2.75) is 32.9 Å². The summed E-state index contributed by atoms with van der Waals surface area (Å²) in [6.45, 7) is 6.49. The lowest BCUT2D eigenvalue weighted by molar-refractivity contribution is 0.140. The summed E-state index contributed by atoms with van der Waals surface area (Å²) < 4.78 is 2.12. The van der Waals surface area contributed by atoms with E-state index in [4.69, 9.17) is 0 Å². The number of thiophene rings is 1. The van der Waals surface area contributed by atoms with E-state index in [2.05, 4.69) is 39.5 Å². The molecular formula is C16H22N4OS. The van der Waals surface area contributed by atoms with E-state index in [9.17, 15) is 4.79 Å². The molecule has 118 valence electrons. The molecule has 1 aliphatic rings. The summed E-state index contributed by atoms with van der Waals surface area (Å²) in [5.74, 6) is 0.553. The summed E-state index contributed by atoms with van der Waals surface area (Å²) in [6, 6.07) is 0.340. The molecule has 0 saturated carbocycles. The smallest absolute Gasteiger partial charge is 0.317 e. The Bertz CT molecular complexity index is 622. The molecule has 2 aromatic heterocycles. The third-order valence-corrected chi connectivity index (χ3v) is 5.42. The number of aromatic nitrogens is 2. The van der Waals surface area contributed by atoms with E-state index >= 15 is 0 Å². The van der Waals surface area contributed by atoms with Crippen LogP contribution < -0.4 is 5.32 Å². The largest absolute Gasteiger partial charge is 0.334 e. The van der Waals surface area contributed by atoms with Crippen LogP contribution in [0.15, 0.2) is 29.5 Å². The number of carbonyl (C=O) groups is 1. The number of nitrogens with zero attached hydrogens (tertiary/aromatic N) is 3. The number of rotatable bonds is 3. The Morgan fingerprint density at radius 1 is 1.50 bits per heavy atom. The van der Waals surface area contributed by atoms with Gasteiger partial charge in [-0.15, -0.1) is 0 Å². The van der Waals surface area contributed by atoms with E-state index in [1.54, 1.807) is 17.5 Å². The quantitative estimate of drug-likeness (QED) is 0.945. The predicted octanol–water partition coefficient (Wildman–Crippen LogP) is 3.05. The molecule has 6 heteroatoms. The van der Waals surface area contributed by atoms with Gasteiger partial charge in [-0.25, -0.2) is 9.78 Å². The first-order valence-electron chi connectivity index (χ1n) is 7.67. The molecule has 2 atom stereocenters. The zero-order valence-corrected chi connectivity index (χ0v) is 13.8. The number of urea groups is 1. The van der Waals surface area contributed by atoms with Gasteiger partial charge in [0.25, 0.3) is 0 Å². The number of carbonyl (C=O) groups excluding carboxylic acids is 1. The minimum Gasteiger partial charge on any atom is -0.334 e. The Morgan fingerprint density at radius 3 is 3.05 bits per heavy atom. The lowest BCUT2D eigenvalue weighted by Crippen LogP contribution is -2.47. The molecule has 2 amide bonds. The zero-order chi connectivity index (χ0) is 15.5. The summed E-state index contributed by atoms with van der Waals surface area (Å²) in [5, 5.41) is 7.25. The van der Waals surface area contributed by atoms with Gasteiger partial charge in [0.15, 0.2) is 0 Å². The van der Waals surface area contributed by atoms with E-state index < -0.39 is 0 Å². The molecule has 0 spiro atoms. The molecule has 3 heterocycles. The molecule has 0 bridgehead atoms. The normalized spacial score (nSPS) is 21.8. The van der Waals surface area contributed by atoms with Gasteiger partial charge in [-0.2, -0.15) is 11.3 Å². The molecule has 22 heavy (non-hydrogen) atoms. The summed E-state index contributed by atoms with van der Waals surface area (Å²) >= 11 is 1.68. The first-order valence-corrected chi connectivity index (χ1v) is 8.61. The van der Waals surface area contributed by atoms with Crippen molar-refractivity contribution in [1.82, 2.24) is 19.8 Å². The fourth-order valence-electron chi connectivity index (χ4n) is 2.94. The van der Waals surface area contributed by atoms with Gasteiger partial charge >= 0.3 is 6.03 Å². The van der Waals surface area contributed by atoms with Crippen LogP contribution in [0.25, 0.3) is 0 Å². The molecule has 1 aliphatic heterocycles. The van der Waals surface area contributed by atoms with E-state index in [0.717, 1.165) is 19.5 Å². The fourth-order valence-corrected chi connectivity index (χ4v) is 3.79. The van der Waals surface area contributed by atoms with Gasteiger partial charge in [0, 0.05) is 32.0 Å². The Balaban J connectivity index is 1.60. The van der Waals surface area contributed by atoms with Crippen LogP contribution in [-0.4, -0.2) is 33.6 Å². The first-order chi connectivity index (χ1) is 10.6. The van der Waals surface area contributed by atoms with Crippen LogP contribution in [0.5, 0.6) is 0 Å². The van der Waals surface area contributed by atoms with Crippen LogP contribution >= 0.6 is 11.3 Å². The number of nitrogens with one attached hydrogen (secondary N) is 1. The van der Waals surface area contributed by atoms with Crippen molar-refractivity contribution >= 4 is 17.4 Å². The molecular weight excluding hydrogens is 296 g/mol. The Kier molecular flexibility index (Phi) is 4.47. The van der Waals surface area contributed by atoms with Gasteiger partial charge in [-0.1, -0.05) is 6.92 Å². The monoisotopic (exact) mass is 318 g/mol. The number of imidazole rings is 1. The van der Waals surface area contributed by atoms with Crippen LogP contribution in [0.4, 0.5) is 4.79 Å². The van der Waals surface area contributed by atoms with Crippen molar-refractivity contribution in [1.29, 1.82) is 0 Å². The molecule has 0 aliphatic carbocycles. The summed E-state index contributed by atoms with van der Waals surface area (Å²) in [7, 11) is 0. The maximum Gasteiger partial charge on any atom is 0.317 e. The van der Waals surface area contributed by atoms with Crippen molar-refractivity contribution in [2.24, 2.45) is 5.92 Å². The van der Waals surface area contributed by atoms with Gasteiger partial charge in [0.05, 0.1) is 12.4 Å². The number of hydrogen-bond donors (Lipinski definition) is 1. The van der Waals surface area contributed by atoms with Crippen molar-refractivity contribution < 1.29 is 4.79 Å². The minimum atomic E-state index is 0.0302. The Labute approximate surface area is 135 Å². The highest BCUT2D eigenvalue weighted by molar-refractivity contribution is 7.08. The summed E-state index contributed by atoms with van der Waals surface area (Å²) in [5.41, 5.74) is 2.45. The second-order valence-electron chi connectivity index (χ2n) is 6.03. The van der Waals surface area contributed by atoms with Crippen LogP contribution in [0.2, 0.25) is 0 Å². The number of likely N-dealkylation sites (tertiary alicyclic amines) is 1. The number of aryl methyl sites for hydroxylation is 1. The standard InChI is InChI=1S/C16H22N4OS/c1-12-3-5-19(8-15(12)20-6-4-17-11-20)16(21)18-7-14-10-22-9-13(14)2/h4,6,9-12,15H,3,5,7-8H2,1-2H3,(H,18,21)/t12-,15-/m1/s1. The maximum atomic E-state index is 12.4. The minimum absolute atomic E-state index is 0.0302. The van der Waals surface area contributed by atoms with Crippen LogP contribution in [-0.2, 0) is 6.54 Å². The third kappa shape index (κ3) is 3.16. The van der Waals surface area contributed by atoms with Crippen molar-refractivity contribution in [3.8, 4) is 0 Å². The van der Waals surface area contributed by atoms with Crippen LogP contribution in [0, 0.1) is 12.8 Å². The predicted molar refractivity (Wildman–Crippen MR) is 87.9 cm³/mol. The molecule has 3 rings (SSSR count). The van der Waals surface area contributed by atoms with Crippen molar-refractivity contribution in [2.75, 3.05) is 13.1 Å². The third-order valence-electron chi connectivity index (χ3n) is 4.51. The second-order valence-corrected chi connectivity index (χ2v) is 6.77. The van der Waals surface area contributed by atoms with Crippen LogP contribution in [0.3, 0.4) is 0 Å². The molecule has 1 saturated heterocycles.